The van der Waals surface area contributed by atoms with Crippen LogP contribution >= 0.6 is 0 Å². The van der Waals surface area contributed by atoms with Gasteiger partial charge in [-0.15, -0.1) is 0 Å². The van der Waals surface area contributed by atoms with E-state index < -0.39 is 11.6 Å². The lowest BCUT2D eigenvalue weighted by molar-refractivity contribution is 0.248. The molecule has 2 aromatic rings. The molecule has 1 saturated carbocycles. The van der Waals surface area contributed by atoms with E-state index in [1.54, 1.807) is 6.07 Å². The molecule has 1 atom stereocenters. The highest BCUT2D eigenvalue weighted by Crippen LogP contribution is 2.40. The minimum Gasteiger partial charge on any atom is -0.394 e. The van der Waals surface area contributed by atoms with Crippen LogP contribution in [0.4, 0.5) is 26.2 Å². The van der Waals surface area contributed by atoms with E-state index in [4.69, 9.17) is 0 Å². The molecule has 1 aromatic carbocycles. The van der Waals surface area contributed by atoms with Gasteiger partial charge < -0.3 is 15.7 Å². The molecule has 134 valence electrons. The molecular formula is C18H22F2N4O. The number of aliphatic hydroxyl groups is 1. The molecule has 0 saturated heterocycles. The van der Waals surface area contributed by atoms with Crippen LogP contribution in [0.15, 0.2) is 24.3 Å². The largest absolute Gasteiger partial charge is 0.394 e. The van der Waals surface area contributed by atoms with Crippen molar-refractivity contribution in [3.05, 3.63) is 41.6 Å². The summed E-state index contributed by atoms with van der Waals surface area (Å²) < 4.78 is 27.3. The molecule has 0 spiro atoms. The van der Waals surface area contributed by atoms with Gasteiger partial charge in [0.25, 0.3) is 0 Å². The van der Waals surface area contributed by atoms with E-state index in [0.717, 1.165) is 36.7 Å². The smallest absolute Gasteiger partial charge is 0.225 e. The standard InChI is InChI=1S/C18H22F2N4O/c1-10(2)16(9-25)23-18-22-14(11-3-4-11)8-17(24-18)21-15-7-12(19)5-6-13(15)20/h5-8,10-11,16,25H,3-4,9H2,1-2H3,(H2,21,22,23,24)/t16-/m1/s1. The van der Waals surface area contributed by atoms with Crippen LogP contribution in [0.2, 0.25) is 0 Å². The maximum atomic E-state index is 13.9. The van der Waals surface area contributed by atoms with Crippen molar-refractivity contribution in [1.82, 2.24) is 9.97 Å². The van der Waals surface area contributed by atoms with Crippen molar-refractivity contribution >= 4 is 17.5 Å². The first-order valence-electron chi connectivity index (χ1n) is 8.44. The van der Waals surface area contributed by atoms with Crippen LogP contribution in [0.5, 0.6) is 0 Å². The molecule has 5 nitrogen and oxygen atoms in total. The number of benzene rings is 1. The normalized spacial score (nSPS) is 15.3. The van der Waals surface area contributed by atoms with Gasteiger partial charge in [0.05, 0.1) is 24.0 Å². The molecule has 3 N–H and O–H groups in total. The molecule has 1 heterocycles. The molecule has 0 aliphatic heterocycles. The first-order chi connectivity index (χ1) is 12.0. The van der Waals surface area contributed by atoms with E-state index in [2.05, 4.69) is 20.6 Å². The number of nitrogens with zero attached hydrogens (tertiary/aromatic N) is 2. The van der Waals surface area contributed by atoms with E-state index in [0.29, 0.717) is 17.7 Å². The van der Waals surface area contributed by atoms with Gasteiger partial charge in [0.1, 0.15) is 17.5 Å². The summed E-state index contributed by atoms with van der Waals surface area (Å²) >= 11 is 0. The molecule has 1 aliphatic carbocycles. The fourth-order valence-electron chi connectivity index (χ4n) is 2.50. The molecule has 0 bridgehead atoms. The predicted octanol–water partition coefficient (Wildman–Crippen LogP) is 3.80. The highest BCUT2D eigenvalue weighted by atomic mass is 19.1. The summed E-state index contributed by atoms with van der Waals surface area (Å²) in [5.41, 5.74) is 0.881. The van der Waals surface area contributed by atoms with Gasteiger partial charge in [-0.3, -0.25) is 0 Å². The Kier molecular flexibility index (Phi) is 5.13. The highest BCUT2D eigenvalue weighted by Gasteiger charge is 2.27. The Hall–Kier alpha value is -2.28. The first kappa shape index (κ1) is 17.5. The van der Waals surface area contributed by atoms with Gasteiger partial charge in [-0.25, -0.2) is 13.8 Å². The minimum absolute atomic E-state index is 0.0222. The zero-order chi connectivity index (χ0) is 18.0. The molecule has 0 amide bonds. The predicted molar refractivity (Wildman–Crippen MR) is 93.0 cm³/mol. The monoisotopic (exact) mass is 348 g/mol. The van der Waals surface area contributed by atoms with Crippen LogP contribution in [-0.4, -0.2) is 27.7 Å². The number of anilines is 3. The van der Waals surface area contributed by atoms with Gasteiger partial charge in [0.2, 0.25) is 5.95 Å². The minimum atomic E-state index is -0.557. The van der Waals surface area contributed by atoms with Gasteiger partial charge in [-0.1, -0.05) is 13.8 Å². The second-order valence-electron chi connectivity index (χ2n) is 6.70. The Morgan fingerprint density at radius 3 is 2.60 bits per heavy atom. The molecule has 0 radical (unpaired) electrons. The fraction of sp³-hybridized carbons (Fsp3) is 0.444. The van der Waals surface area contributed by atoms with E-state index in [1.807, 2.05) is 13.8 Å². The molecule has 3 rings (SSSR count). The molecule has 7 heteroatoms. The second kappa shape index (κ2) is 7.31. The van der Waals surface area contributed by atoms with Crippen LogP contribution < -0.4 is 10.6 Å². The number of hydrogen-bond acceptors (Lipinski definition) is 5. The average molecular weight is 348 g/mol. The van der Waals surface area contributed by atoms with E-state index in [9.17, 15) is 13.9 Å². The molecule has 1 fully saturated rings. The maximum Gasteiger partial charge on any atom is 0.225 e. The summed E-state index contributed by atoms with van der Waals surface area (Å²) in [5, 5.41) is 15.4. The number of aromatic nitrogens is 2. The highest BCUT2D eigenvalue weighted by molar-refractivity contribution is 5.58. The van der Waals surface area contributed by atoms with Gasteiger partial charge in [0.15, 0.2) is 0 Å². The Morgan fingerprint density at radius 2 is 1.96 bits per heavy atom. The summed E-state index contributed by atoms with van der Waals surface area (Å²) in [6, 6.07) is 4.80. The van der Waals surface area contributed by atoms with Crippen molar-refractivity contribution in [1.29, 1.82) is 0 Å². The Labute approximate surface area is 145 Å². The van der Waals surface area contributed by atoms with Crippen LogP contribution in [0.25, 0.3) is 0 Å². The third-order valence-electron chi connectivity index (χ3n) is 4.25. The summed E-state index contributed by atoms with van der Waals surface area (Å²) in [6.45, 7) is 3.93. The number of nitrogens with one attached hydrogen (secondary N) is 2. The summed E-state index contributed by atoms with van der Waals surface area (Å²) in [7, 11) is 0. The Balaban J connectivity index is 1.89. The summed E-state index contributed by atoms with van der Waals surface area (Å²) in [4.78, 5) is 8.85. The van der Waals surface area contributed by atoms with E-state index in [-0.39, 0.29) is 24.3 Å². The summed E-state index contributed by atoms with van der Waals surface area (Å²) in [5.74, 6) is 0.237. The molecular weight excluding hydrogens is 326 g/mol. The van der Waals surface area contributed by atoms with Crippen LogP contribution in [0.3, 0.4) is 0 Å². The van der Waals surface area contributed by atoms with Crippen molar-refractivity contribution in [2.75, 3.05) is 17.2 Å². The number of aliphatic hydroxyl groups excluding tert-OH is 1. The SMILES string of the molecule is CC(C)[C@@H](CO)Nc1nc(Nc2cc(F)ccc2F)cc(C2CC2)n1. The molecule has 0 unspecified atom stereocenters. The average Bonchev–Trinajstić information content (AvgIpc) is 3.40. The van der Waals surface area contributed by atoms with Crippen molar-refractivity contribution in [3.63, 3.8) is 0 Å². The van der Waals surface area contributed by atoms with Crippen LogP contribution in [0, 0.1) is 17.6 Å². The van der Waals surface area contributed by atoms with Gasteiger partial charge in [0, 0.05) is 18.1 Å². The number of halogens is 2. The third-order valence-corrected chi connectivity index (χ3v) is 4.25. The topological polar surface area (TPSA) is 70.1 Å². The first-order valence-corrected chi connectivity index (χ1v) is 8.44. The lowest BCUT2D eigenvalue weighted by Gasteiger charge is -2.20. The second-order valence-corrected chi connectivity index (χ2v) is 6.70. The third kappa shape index (κ3) is 4.42. The van der Waals surface area contributed by atoms with Crippen LogP contribution in [-0.2, 0) is 0 Å². The van der Waals surface area contributed by atoms with Crippen LogP contribution in [0.1, 0.15) is 38.3 Å². The van der Waals surface area contributed by atoms with Crippen molar-refractivity contribution in [2.24, 2.45) is 5.92 Å². The fourth-order valence-corrected chi connectivity index (χ4v) is 2.50. The van der Waals surface area contributed by atoms with Crippen molar-refractivity contribution in [2.45, 2.75) is 38.6 Å². The van der Waals surface area contributed by atoms with E-state index >= 15 is 0 Å². The van der Waals surface area contributed by atoms with Crippen molar-refractivity contribution < 1.29 is 13.9 Å². The lowest BCUT2D eigenvalue weighted by atomic mass is 10.1. The van der Waals surface area contributed by atoms with Gasteiger partial charge >= 0.3 is 0 Å². The van der Waals surface area contributed by atoms with E-state index in [1.165, 1.54) is 0 Å². The maximum absolute atomic E-state index is 13.9. The van der Waals surface area contributed by atoms with Gasteiger partial charge in [-0.05, 0) is 30.9 Å². The lowest BCUT2D eigenvalue weighted by Crippen LogP contribution is -2.30. The Bertz CT molecular complexity index is 750. The Morgan fingerprint density at radius 1 is 1.20 bits per heavy atom. The molecule has 1 aromatic heterocycles. The number of hydrogen-bond donors (Lipinski definition) is 3. The van der Waals surface area contributed by atoms with Gasteiger partial charge in [-0.2, -0.15) is 4.98 Å². The molecule has 1 aliphatic rings. The molecule has 25 heavy (non-hydrogen) atoms. The van der Waals surface area contributed by atoms with Crippen molar-refractivity contribution in [3.8, 4) is 0 Å². The quantitative estimate of drug-likeness (QED) is 0.710. The zero-order valence-electron chi connectivity index (χ0n) is 14.3. The zero-order valence-corrected chi connectivity index (χ0v) is 14.3. The number of rotatable bonds is 7. The summed E-state index contributed by atoms with van der Waals surface area (Å²) in [6.07, 6.45) is 2.11.